The van der Waals surface area contributed by atoms with Gasteiger partial charge in [-0.3, -0.25) is 0 Å². The Hall–Kier alpha value is -0.0800. The van der Waals surface area contributed by atoms with Crippen LogP contribution >= 0.6 is 0 Å². The van der Waals surface area contributed by atoms with Gasteiger partial charge in [0.25, 0.3) is 0 Å². The molecule has 0 spiro atoms. The third-order valence-electron chi connectivity index (χ3n) is 2.79. The highest BCUT2D eigenvalue weighted by molar-refractivity contribution is 4.96. The number of hydrogen-bond acceptors (Lipinski definition) is 2. The Kier molecular flexibility index (Phi) is 2.01. The smallest absolute Gasteiger partial charge is 0.0621 e. The summed E-state index contributed by atoms with van der Waals surface area (Å²) in [4.78, 5) is 0. The lowest BCUT2D eigenvalue weighted by molar-refractivity contribution is 0.0200. The summed E-state index contributed by atoms with van der Waals surface area (Å²) in [6, 6.07) is 0. The monoisotopic (exact) mass is 158 g/mol. The van der Waals surface area contributed by atoms with Gasteiger partial charge in [0.15, 0.2) is 0 Å². The molecule has 1 fully saturated rings. The molecular weight excluding hydrogens is 140 g/mol. The van der Waals surface area contributed by atoms with Crippen LogP contribution in [0.3, 0.4) is 0 Å². The normalized spacial score (nSPS) is 42.8. The minimum absolute atomic E-state index is 0.0948. The predicted octanol–water partition coefficient (Wildman–Crippen LogP) is 1.17. The topological polar surface area (TPSA) is 40.5 Å². The summed E-state index contributed by atoms with van der Waals surface area (Å²) in [7, 11) is 0. The molecule has 0 heterocycles. The number of aliphatic hydroxyl groups excluding tert-OH is 2. The molecule has 1 aliphatic carbocycles. The Labute approximate surface area is 68.2 Å². The average Bonchev–Trinajstić information content (AvgIpc) is 2.03. The largest absolute Gasteiger partial charge is 0.396 e. The molecule has 0 aromatic heterocycles. The van der Waals surface area contributed by atoms with Crippen molar-refractivity contribution in [2.24, 2.45) is 10.8 Å². The van der Waals surface area contributed by atoms with Crippen LogP contribution < -0.4 is 0 Å². The molecule has 0 unspecified atom stereocenters. The van der Waals surface area contributed by atoms with Gasteiger partial charge in [-0.2, -0.15) is 0 Å². The van der Waals surface area contributed by atoms with Crippen molar-refractivity contribution in [2.45, 2.75) is 39.7 Å². The molecule has 1 rings (SSSR count). The van der Waals surface area contributed by atoms with E-state index in [9.17, 15) is 5.11 Å². The third kappa shape index (κ3) is 1.57. The lowest BCUT2D eigenvalue weighted by Crippen LogP contribution is -2.30. The minimum atomic E-state index is -0.331. The first-order chi connectivity index (χ1) is 4.90. The molecular formula is C9H18O2. The van der Waals surface area contributed by atoms with E-state index in [0.29, 0.717) is 0 Å². The van der Waals surface area contributed by atoms with Crippen molar-refractivity contribution >= 4 is 0 Å². The third-order valence-corrected chi connectivity index (χ3v) is 2.79. The molecule has 2 heteroatoms. The van der Waals surface area contributed by atoms with E-state index in [2.05, 4.69) is 13.8 Å². The Morgan fingerprint density at radius 2 is 1.91 bits per heavy atom. The van der Waals surface area contributed by atoms with Gasteiger partial charge in [0.05, 0.1) is 12.7 Å². The second-order valence-corrected chi connectivity index (χ2v) is 4.87. The molecule has 0 amide bonds. The van der Waals surface area contributed by atoms with Crippen molar-refractivity contribution < 1.29 is 10.2 Å². The fourth-order valence-corrected chi connectivity index (χ4v) is 2.21. The lowest BCUT2D eigenvalue weighted by Gasteiger charge is -2.25. The van der Waals surface area contributed by atoms with Crippen LogP contribution in [0.2, 0.25) is 0 Å². The van der Waals surface area contributed by atoms with E-state index in [1.54, 1.807) is 0 Å². The van der Waals surface area contributed by atoms with Gasteiger partial charge in [0.2, 0.25) is 0 Å². The Balaban J connectivity index is 2.73. The highest BCUT2D eigenvalue weighted by Gasteiger charge is 2.46. The number of aliphatic hydroxyl groups is 2. The summed E-state index contributed by atoms with van der Waals surface area (Å²) in [6.07, 6.45) is 1.39. The van der Waals surface area contributed by atoms with E-state index < -0.39 is 0 Å². The minimum Gasteiger partial charge on any atom is -0.396 e. The zero-order chi connectivity index (χ0) is 8.70. The van der Waals surface area contributed by atoms with Gasteiger partial charge in [0, 0.05) is 5.41 Å². The number of rotatable bonds is 1. The van der Waals surface area contributed by atoms with E-state index in [1.165, 1.54) is 0 Å². The maximum atomic E-state index is 9.62. The van der Waals surface area contributed by atoms with E-state index >= 15 is 0 Å². The van der Waals surface area contributed by atoms with Crippen molar-refractivity contribution in [3.63, 3.8) is 0 Å². The first kappa shape index (κ1) is 9.01. The van der Waals surface area contributed by atoms with Gasteiger partial charge in [-0.15, -0.1) is 0 Å². The molecule has 0 radical (unpaired) electrons. The zero-order valence-electron chi connectivity index (χ0n) is 7.59. The van der Waals surface area contributed by atoms with Gasteiger partial charge in [-0.25, -0.2) is 0 Å². The van der Waals surface area contributed by atoms with Gasteiger partial charge in [0.1, 0.15) is 0 Å². The Bertz CT molecular complexity index is 154. The maximum absolute atomic E-state index is 9.62. The van der Waals surface area contributed by atoms with Crippen molar-refractivity contribution in [3.8, 4) is 0 Å². The van der Waals surface area contributed by atoms with Crippen LogP contribution in [0.4, 0.5) is 0 Å². The molecule has 0 bridgehead atoms. The van der Waals surface area contributed by atoms with Crippen LogP contribution in [0.15, 0.2) is 0 Å². The summed E-state index contributed by atoms with van der Waals surface area (Å²) < 4.78 is 0. The van der Waals surface area contributed by atoms with Gasteiger partial charge in [-0.1, -0.05) is 20.8 Å². The maximum Gasteiger partial charge on any atom is 0.0621 e. The fraction of sp³-hybridized carbons (Fsp3) is 1.00. The van der Waals surface area contributed by atoms with Crippen LogP contribution in [0.25, 0.3) is 0 Å². The van der Waals surface area contributed by atoms with Crippen molar-refractivity contribution in [2.75, 3.05) is 6.61 Å². The zero-order valence-corrected chi connectivity index (χ0v) is 7.59. The molecule has 1 aliphatic rings. The molecule has 1 saturated carbocycles. The highest BCUT2D eigenvalue weighted by Crippen LogP contribution is 2.48. The van der Waals surface area contributed by atoms with Gasteiger partial charge in [-0.05, 0) is 18.3 Å². The average molecular weight is 158 g/mol. The van der Waals surface area contributed by atoms with Crippen LogP contribution in [0.1, 0.15) is 33.6 Å². The summed E-state index contributed by atoms with van der Waals surface area (Å²) in [5.74, 6) is 0. The molecule has 2 nitrogen and oxygen atoms in total. The summed E-state index contributed by atoms with van der Waals surface area (Å²) in [6.45, 7) is 6.32. The first-order valence-electron chi connectivity index (χ1n) is 4.19. The van der Waals surface area contributed by atoms with E-state index in [0.717, 1.165) is 12.8 Å². The van der Waals surface area contributed by atoms with E-state index in [4.69, 9.17) is 5.11 Å². The predicted molar refractivity (Wildman–Crippen MR) is 44.2 cm³/mol. The van der Waals surface area contributed by atoms with E-state index in [-0.39, 0.29) is 23.5 Å². The van der Waals surface area contributed by atoms with Crippen LogP contribution in [-0.4, -0.2) is 22.9 Å². The molecule has 2 atom stereocenters. The standard InChI is InChI=1S/C9H18O2/c1-8(2)4-7(11)9(3,5-8)6-10/h7,10-11H,4-6H2,1-3H3/t7-,9-/m0/s1. The molecule has 11 heavy (non-hydrogen) atoms. The molecule has 66 valence electrons. The second-order valence-electron chi connectivity index (χ2n) is 4.87. The highest BCUT2D eigenvalue weighted by atomic mass is 16.3. The summed E-state index contributed by atoms with van der Waals surface area (Å²) in [5, 5.41) is 18.7. The van der Waals surface area contributed by atoms with Crippen molar-refractivity contribution in [1.29, 1.82) is 0 Å². The molecule has 2 N–H and O–H groups in total. The molecule has 0 saturated heterocycles. The Morgan fingerprint density at radius 1 is 1.36 bits per heavy atom. The lowest BCUT2D eigenvalue weighted by atomic mass is 9.83. The molecule has 0 aromatic carbocycles. The number of hydrogen-bond donors (Lipinski definition) is 2. The van der Waals surface area contributed by atoms with Crippen LogP contribution in [0, 0.1) is 10.8 Å². The van der Waals surface area contributed by atoms with E-state index in [1.807, 2.05) is 6.92 Å². The van der Waals surface area contributed by atoms with Gasteiger partial charge >= 0.3 is 0 Å². The first-order valence-corrected chi connectivity index (χ1v) is 4.19. The summed E-state index contributed by atoms with van der Waals surface area (Å²) in [5.41, 5.74) is -0.0691. The Morgan fingerprint density at radius 3 is 2.09 bits per heavy atom. The van der Waals surface area contributed by atoms with Crippen molar-refractivity contribution in [3.05, 3.63) is 0 Å². The SMILES string of the molecule is CC1(C)C[C@H](O)[C@](C)(CO)C1. The second kappa shape index (κ2) is 2.46. The van der Waals surface area contributed by atoms with Crippen molar-refractivity contribution in [1.82, 2.24) is 0 Å². The molecule has 0 aromatic rings. The fourth-order valence-electron chi connectivity index (χ4n) is 2.21. The summed E-state index contributed by atoms with van der Waals surface area (Å²) >= 11 is 0. The quantitative estimate of drug-likeness (QED) is 0.601. The molecule has 0 aliphatic heterocycles. The van der Waals surface area contributed by atoms with Gasteiger partial charge < -0.3 is 10.2 Å². The van der Waals surface area contributed by atoms with Crippen LogP contribution in [-0.2, 0) is 0 Å². The van der Waals surface area contributed by atoms with Crippen LogP contribution in [0.5, 0.6) is 0 Å².